The summed E-state index contributed by atoms with van der Waals surface area (Å²) in [7, 11) is 0. The first-order valence-electron chi connectivity index (χ1n) is 18.3. The molecule has 0 radical (unpaired) electrons. The van der Waals surface area contributed by atoms with E-state index in [0.717, 1.165) is 57.8 Å². The molecule has 1 aliphatic heterocycles. The molecule has 4 aliphatic rings. The van der Waals surface area contributed by atoms with Gasteiger partial charge in [0.05, 0.1) is 6.04 Å². The maximum Gasteiger partial charge on any atom is 0.315 e. The Morgan fingerprint density at radius 2 is 1.67 bits per heavy atom. The van der Waals surface area contributed by atoms with Gasteiger partial charge < -0.3 is 26.2 Å². The largest absolute Gasteiger partial charge is 0.346 e. The number of carbonyl (C=O) groups excluding carboxylic acids is 5. The number of fused-ring (bicyclic) bond motifs is 1. The lowest BCUT2D eigenvalue weighted by Crippen LogP contribution is -2.63. The van der Waals surface area contributed by atoms with Crippen molar-refractivity contribution in [3.63, 3.8) is 0 Å². The Morgan fingerprint density at radius 3 is 2.29 bits per heavy atom. The molecule has 2 unspecified atom stereocenters. The van der Waals surface area contributed by atoms with E-state index < -0.39 is 41.1 Å². The van der Waals surface area contributed by atoms with Crippen molar-refractivity contribution in [2.24, 2.45) is 28.6 Å². The first-order chi connectivity index (χ1) is 23.2. The van der Waals surface area contributed by atoms with Gasteiger partial charge in [0.1, 0.15) is 12.1 Å². The number of aryl methyl sites for hydroxylation is 1. The first-order valence-corrected chi connectivity index (χ1v) is 18.3. The Kier molecular flexibility index (Phi) is 10.9. The summed E-state index contributed by atoms with van der Waals surface area (Å²) in [5.74, 6) is -1.83. The summed E-state index contributed by atoms with van der Waals surface area (Å²) in [4.78, 5) is 69.8. The molecular weight excluding hydrogens is 618 g/mol. The molecule has 1 aromatic rings. The lowest BCUT2D eigenvalue weighted by atomic mass is 9.78. The molecule has 0 spiro atoms. The van der Waals surface area contributed by atoms with Crippen LogP contribution in [0.1, 0.15) is 98.0 Å². The van der Waals surface area contributed by atoms with Crippen LogP contribution < -0.4 is 21.3 Å². The third-order valence-electron chi connectivity index (χ3n) is 11.6. The van der Waals surface area contributed by atoms with Crippen molar-refractivity contribution in [3.05, 3.63) is 48.6 Å². The summed E-state index contributed by atoms with van der Waals surface area (Å²) >= 11 is 0. The highest BCUT2D eigenvalue weighted by Gasteiger charge is 2.70. The van der Waals surface area contributed by atoms with Gasteiger partial charge in [0, 0.05) is 18.6 Å². The molecule has 3 aliphatic carbocycles. The number of nitrogens with zero attached hydrogens (tertiary/aromatic N) is 1. The van der Waals surface area contributed by atoms with E-state index in [0.29, 0.717) is 13.0 Å². The summed E-state index contributed by atoms with van der Waals surface area (Å²) in [6.07, 6.45) is 10.5. The number of hydrogen-bond acceptors (Lipinski definition) is 5. The number of hydrogen-bond donors (Lipinski definition) is 4. The summed E-state index contributed by atoms with van der Waals surface area (Å²) in [6.45, 7) is 14.1. The van der Waals surface area contributed by atoms with Crippen molar-refractivity contribution in [2.75, 3.05) is 13.1 Å². The molecule has 268 valence electrons. The van der Waals surface area contributed by atoms with Crippen LogP contribution in [0.2, 0.25) is 0 Å². The number of carbonyl (C=O) groups is 5. The van der Waals surface area contributed by atoms with Crippen LogP contribution in [-0.2, 0) is 25.6 Å². The van der Waals surface area contributed by atoms with Crippen LogP contribution in [-0.4, -0.2) is 71.2 Å². The molecule has 3 saturated carbocycles. The number of ketones is 1. The van der Waals surface area contributed by atoms with Crippen molar-refractivity contribution in [1.29, 1.82) is 0 Å². The van der Waals surface area contributed by atoms with Crippen molar-refractivity contribution in [2.45, 2.75) is 122 Å². The lowest BCUT2D eigenvalue weighted by molar-refractivity contribution is -0.145. The van der Waals surface area contributed by atoms with E-state index >= 15 is 0 Å². The van der Waals surface area contributed by atoms with Gasteiger partial charge in [0.15, 0.2) is 0 Å². The molecule has 1 aromatic carbocycles. The number of nitrogens with one attached hydrogen (secondary N) is 4. The molecule has 10 nitrogen and oxygen atoms in total. The Bertz CT molecular complexity index is 1410. The Morgan fingerprint density at radius 1 is 1.00 bits per heavy atom. The van der Waals surface area contributed by atoms with Crippen LogP contribution in [0.25, 0.3) is 0 Å². The molecule has 5 amide bonds. The first kappa shape index (κ1) is 36.6. The van der Waals surface area contributed by atoms with Gasteiger partial charge >= 0.3 is 6.03 Å². The minimum absolute atomic E-state index is 0.0827. The molecule has 49 heavy (non-hydrogen) atoms. The maximum absolute atomic E-state index is 14.5. The summed E-state index contributed by atoms with van der Waals surface area (Å²) in [5.41, 5.74) is 0.0853. The molecule has 4 N–H and O–H groups in total. The molecule has 4 fully saturated rings. The highest BCUT2D eigenvalue weighted by Crippen LogP contribution is 2.65. The third kappa shape index (κ3) is 8.55. The van der Waals surface area contributed by atoms with Crippen molar-refractivity contribution >= 4 is 29.5 Å². The van der Waals surface area contributed by atoms with Crippen LogP contribution in [0.4, 0.5) is 4.79 Å². The second-order valence-corrected chi connectivity index (χ2v) is 16.7. The van der Waals surface area contributed by atoms with Crippen molar-refractivity contribution in [3.8, 4) is 0 Å². The maximum atomic E-state index is 14.5. The molecule has 10 heteroatoms. The molecule has 0 bridgehead atoms. The molecular formula is C39H57N5O5. The Labute approximate surface area is 292 Å². The van der Waals surface area contributed by atoms with Crippen LogP contribution in [0.5, 0.6) is 0 Å². The van der Waals surface area contributed by atoms with E-state index in [9.17, 15) is 24.0 Å². The van der Waals surface area contributed by atoms with E-state index in [1.807, 2.05) is 39.0 Å². The van der Waals surface area contributed by atoms with E-state index in [-0.39, 0.29) is 47.2 Å². The lowest BCUT2D eigenvalue weighted by Gasteiger charge is -2.41. The second kappa shape index (κ2) is 14.7. The molecule has 5 atom stereocenters. The van der Waals surface area contributed by atoms with Gasteiger partial charge in [-0.25, -0.2) is 4.79 Å². The minimum Gasteiger partial charge on any atom is -0.346 e. The smallest absolute Gasteiger partial charge is 0.315 e. The van der Waals surface area contributed by atoms with E-state index in [4.69, 9.17) is 0 Å². The fourth-order valence-corrected chi connectivity index (χ4v) is 8.32. The van der Waals surface area contributed by atoms with E-state index in [1.54, 1.807) is 4.90 Å². The third-order valence-corrected chi connectivity index (χ3v) is 11.6. The highest BCUT2D eigenvalue weighted by atomic mass is 16.2. The SMILES string of the molecule is C=CCNC(=O)C(=O)C(CC1CC1)NC(=O)[C@@H]1[C@@H]2C(CN1C(=O)[C@@H](NC(=O)NC1(CCc3ccccc3)CCCCC1)C(C)(C)C)C2(C)C. The Hall–Kier alpha value is -3.69. The van der Waals surface area contributed by atoms with Gasteiger partial charge in [0.2, 0.25) is 17.6 Å². The van der Waals surface area contributed by atoms with Crippen molar-refractivity contribution in [1.82, 2.24) is 26.2 Å². The van der Waals surface area contributed by atoms with Gasteiger partial charge in [-0.2, -0.15) is 0 Å². The van der Waals surface area contributed by atoms with Gasteiger partial charge in [-0.05, 0) is 66.3 Å². The zero-order valence-corrected chi connectivity index (χ0v) is 30.1. The molecule has 5 rings (SSSR count). The number of urea groups is 1. The number of amides is 5. The number of rotatable bonds is 14. The van der Waals surface area contributed by atoms with Crippen molar-refractivity contribution < 1.29 is 24.0 Å². The fraction of sp³-hybridized carbons (Fsp3) is 0.667. The van der Waals surface area contributed by atoms with Crippen LogP contribution in [0.15, 0.2) is 43.0 Å². The molecule has 1 saturated heterocycles. The quantitative estimate of drug-likeness (QED) is 0.168. The van der Waals surface area contributed by atoms with Gasteiger partial charge in [0.25, 0.3) is 5.91 Å². The molecule has 1 heterocycles. The average molecular weight is 676 g/mol. The fourth-order valence-electron chi connectivity index (χ4n) is 8.32. The number of benzene rings is 1. The van der Waals surface area contributed by atoms with E-state index in [1.165, 1.54) is 11.6 Å². The second-order valence-electron chi connectivity index (χ2n) is 16.7. The zero-order valence-electron chi connectivity index (χ0n) is 30.1. The standard InChI is InChI=1S/C39H57N5O5/c1-7-22-40-34(47)31(45)28(23-26-16-17-26)41-33(46)30-29-27(38(29,5)6)24-44(30)35(48)32(37(2,3)4)42-36(49)43-39(19-12-9-13-20-39)21-18-25-14-10-8-11-15-25/h7-8,10-11,14-15,26-30,32H,1,9,12-13,16-24H2,2-6H3,(H,40,47)(H,41,46)(H2,42,43,49)/t27?,28?,29-,30-,32+/m0/s1. The Balaban J connectivity index is 1.31. The van der Waals surface area contributed by atoms with Gasteiger partial charge in [-0.15, -0.1) is 6.58 Å². The molecule has 0 aromatic heterocycles. The summed E-state index contributed by atoms with van der Waals surface area (Å²) < 4.78 is 0. The van der Waals surface area contributed by atoms with E-state index in [2.05, 4.69) is 53.8 Å². The number of likely N-dealkylation sites (tertiary alicyclic amines) is 1. The van der Waals surface area contributed by atoms with Gasteiger partial charge in [-0.3, -0.25) is 19.2 Å². The zero-order chi connectivity index (χ0) is 35.6. The summed E-state index contributed by atoms with van der Waals surface area (Å²) in [5, 5.41) is 11.8. The van der Waals surface area contributed by atoms with Crippen LogP contribution in [0.3, 0.4) is 0 Å². The highest BCUT2D eigenvalue weighted by molar-refractivity contribution is 6.38. The summed E-state index contributed by atoms with van der Waals surface area (Å²) in [6, 6.07) is 7.28. The predicted molar refractivity (Wildman–Crippen MR) is 189 cm³/mol. The monoisotopic (exact) mass is 675 g/mol. The van der Waals surface area contributed by atoms with Crippen LogP contribution in [0, 0.1) is 28.6 Å². The minimum atomic E-state index is -0.965. The number of piperidine rings is 1. The van der Waals surface area contributed by atoms with Gasteiger partial charge in [-0.1, -0.05) is 103 Å². The number of Topliss-reactive ketones (excluding diaryl/α,β-unsaturated/α-hetero) is 1. The topological polar surface area (TPSA) is 137 Å². The van der Waals surface area contributed by atoms with Crippen LogP contribution >= 0.6 is 0 Å². The predicted octanol–water partition coefficient (Wildman–Crippen LogP) is 4.68. The average Bonchev–Trinajstić information content (AvgIpc) is 3.92. The normalized spacial score (nSPS) is 24.8.